The first-order chi connectivity index (χ1) is 17.5. The molecule has 0 saturated heterocycles. The van der Waals surface area contributed by atoms with E-state index in [0.29, 0.717) is 17.7 Å². The van der Waals surface area contributed by atoms with Crippen molar-refractivity contribution < 1.29 is 31.1 Å². The molecular weight excluding hydrogens is 502 g/mol. The Morgan fingerprint density at radius 1 is 0.892 bits per heavy atom. The summed E-state index contributed by atoms with van der Waals surface area (Å²) in [6.45, 7) is 1.38. The highest BCUT2D eigenvalue weighted by atomic mass is 19.4. The zero-order valence-electron chi connectivity index (χ0n) is 19.1. The van der Waals surface area contributed by atoms with Crippen LogP contribution in [-0.4, -0.2) is 30.6 Å². The number of aromatic nitrogens is 5. The number of nitrogens with zero attached hydrogens (tertiary/aromatic N) is 6. The van der Waals surface area contributed by atoms with Crippen molar-refractivity contribution in [1.29, 1.82) is 0 Å². The number of hydrogen-bond donors (Lipinski definition) is 0. The van der Waals surface area contributed by atoms with E-state index in [1.807, 2.05) is 0 Å². The molecule has 7 nitrogen and oxygen atoms in total. The van der Waals surface area contributed by atoms with Crippen molar-refractivity contribution in [2.75, 3.05) is 0 Å². The molecule has 13 heteroatoms. The second-order valence-corrected chi connectivity index (χ2v) is 7.76. The molecule has 2 heterocycles. The van der Waals surface area contributed by atoms with E-state index in [2.05, 4.69) is 25.0 Å². The van der Waals surface area contributed by atoms with Crippen molar-refractivity contribution >= 4 is 5.90 Å². The summed E-state index contributed by atoms with van der Waals surface area (Å²) in [5, 5.41) is 4.05. The molecule has 0 aliphatic rings. The Kier molecular flexibility index (Phi) is 7.23. The van der Waals surface area contributed by atoms with E-state index < -0.39 is 41.0 Å². The van der Waals surface area contributed by atoms with Crippen LogP contribution < -0.4 is 0 Å². The van der Waals surface area contributed by atoms with Gasteiger partial charge in [0.2, 0.25) is 5.90 Å². The van der Waals surface area contributed by atoms with Crippen molar-refractivity contribution in [2.45, 2.75) is 31.9 Å². The van der Waals surface area contributed by atoms with E-state index in [4.69, 9.17) is 4.74 Å². The second-order valence-electron chi connectivity index (χ2n) is 7.76. The van der Waals surface area contributed by atoms with Gasteiger partial charge in [-0.3, -0.25) is 0 Å². The number of ether oxygens (including phenoxy) is 1. The van der Waals surface area contributed by atoms with Crippen LogP contribution in [0.1, 0.15) is 41.0 Å². The van der Waals surface area contributed by atoms with E-state index in [9.17, 15) is 26.3 Å². The number of rotatable bonds is 6. The molecule has 0 bridgehead atoms. The fourth-order valence-electron chi connectivity index (χ4n) is 3.32. The Bertz CT molecular complexity index is 1340. The van der Waals surface area contributed by atoms with Crippen LogP contribution in [-0.2, 0) is 23.7 Å². The van der Waals surface area contributed by atoms with Crippen LogP contribution in [0.3, 0.4) is 0 Å². The maximum absolute atomic E-state index is 13.5. The molecule has 0 aliphatic carbocycles. The minimum atomic E-state index is -5.03. The highest BCUT2D eigenvalue weighted by Gasteiger charge is 2.37. The highest BCUT2D eigenvalue weighted by molar-refractivity contribution is 5.94. The van der Waals surface area contributed by atoms with E-state index in [-0.39, 0.29) is 24.4 Å². The van der Waals surface area contributed by atoms with Crippen molar-refractivity contribution in [1.82, 2.24) is 24.7 Å². The van der Waals surface area contributed by atoms with Gasteiger partial charge >= 0.3 is 12.4 Å². The van der Waals surface area contributed by atoms with Crippen LogP contribution >= 0.6 is 0 Å². The molecule has 2 aromatic carbocycles. The predicted octanol–water partition coefficient (Wildman–Crippen LogP) is 5.82. The second kappa shape index (κ2) is 10.4. The van der Waals surface area contributed by atoms with Crippen molar-refractivity contribution in [2.24, 2.45) is 4.99 Å². The average molecular weight is 520 g/mol. The summed E-state index contributed by atoms with van der Waals surface area (Å²) >= 11 is 0. The lowest BCUT2D eigenvalue weighted by Crippen LogP contribution is -2.16. The summed E-state index contributed by atoms with van der Waals surface area (Å²) in [5.74, 6) is -0.0891. The minimum absolute atomic E-state index is 0.0467. The van der Waals surface area contributed by atoms with Gasteiger partial charge in [-0.2, -0.15) is 36.1 Å². The molecule has 1 unspecified atom stereocenters. The van der Waals surface area contributed by atoms with Crippen LogP contribution in [0.5, 0.6) is 0 Å². The van der Waals surface area contributed by atoms with Gasteiger partial charge in [-0.25, -0.2) is 19.9 Å². The lowest BCUT2D eigenvalue weighted by atomic mass is 10.0. The average Bonchev–Trinajstić information content (AvgIpc) is 3.36. The summed E-state index contributed by atoms with van der Waals surface area (Å²) in [7, 11) is 0. The van der Waals surface area contributed by atoms with Gasteiger partial charge in [0.15, 0.2) is 5.82 Å². The molecule has 4 aromatic rings. The van der Waals surface area contributed by atoms with Crippen LogP contribution in [0.2, 0.25) is 0 Å². The predicted molar refractivity (Wildman–Crippen MR) is 120 cm³/mol. The number of aliphatic imine (C=N–C) groups is 1. The Labute approximate surface area is 206 Å². The van der Waals surface area contributed by atoms with E-state index in [1.165, 1.54) is 30.3 Å². The van der Waals surface area contributed by atoms with Crippen molar-refractivity contribution in [3.8, 4) is 5.95 Å². The van der Waals surface area contributed by atoms with E-state index in [1.54, 1.807) is 36.4 Å². The van der Waals surface area contributed by atoms with Gasteiger partial charge in [0, 0.05) is 18.0 Å². The SMILES string of the molecule is CC(N=C(OCc1ccccc1)c1cc(C(F)(F)F)cc(C(F)(F)F)c1)c1ncnn1-c1ncccn1. The molecule has 0 amide bonds. The lowest BCUT2D eigenvalue weighted by molar-refractivity contribution is -0.143. The van der Waals surface area contributed by atoms with Gasteiger partial charge in [-0.15, -0.1) is 0 Å². The van der Waals surface area contributed by atoms with Crippen molar-refractivity contribution in [3.63, 3.8) is 0 Å². The van der Waals surface area contributed by atoms with Gasteiger partial charge in [0.05, 0.1) is 11.1 Å². The fourth-order valence-corrected chi connectivity index (χ4v) is 3.32. The molecule has 0 aliphatic heterocycles. The highest BCUT2D eigenvalue weighted by Crippen LogP contribution is 2.37. The molecule has 0 fully saturated rings. The Balaban J connectivity index is 1.80. The largest absolute Gasteiger partial charge is 0.473 e. The van der Waals surface area contributed by atoms with Gasteiger partial charge in [0.1, 0.15) is 19.0 Å². The first-order valence-electron chi connectivity index (χ1n) is 10.7. The Morgan fingerprint density at radius 2 is 1.51 bits per heavy atom. The summed E-state index contributed by atoms with van der Waals surface area (Å²) in [4.78, 5) is 16.6. The number of benzene rings is 2. The number of halogens is 6. The normalized spacial score (nSPS) is 13.4. The number of alkyl halides is 6. The minimum Gasteiger partial charge on any atom is -0.473 e. The van der Waals surface area contributed by atoms with Crippen LogP contribution in [0.15, 0.2) is 78.3 Å². The van der Waals surface area contributed by atoms with E-state index >= 15 is 0 Å². The van der Waals surface area contributed by atoms with Gasteiger partial charge < -0.3 is 4.74 Å². The molecule has 0 saturated carbocycles. The lowest BCUT2D eigenvalue weighted by Gasteiger charge is -2.17. The molecule has 37 heavy (non-hydrogen) atoms. The third-order valence-corrected chi connectivity index (χ3v) is 5.05. The Hall–Kier alpha value is -4.29. The standard InChI is InChI=1S/C24H18F6N6O/c1-15(20-33-14-34-36(20)22-31-8-5-9-32-22)35-21(37-13-16-6-3-2-4-7-16)17-10-18(23(25,26)27)12-19(11-17)24(28,29)30/h2-12,14-15H,13H2,1H3. The maximum Gasteiger partial charge on any atom is 0.416 e. The van der Waals surface area contributed by atoms with Crippen molar-refractivity contribution in [3.05, 3.63) is 101 Å². The monoisotopic (exact) mass is 520 g/mol. The molecule has 0 radical (unpaired) electrons. The first-order valence-corrected chi connectivity index (χ1v) is 10.7. The maximum atomic E-state index is 13.5. The third kappa shape index (κ3) is 6.29. The van der Waals surface area contributed by atoms with Crippen LogP contribution in [0.25, 0.3) is 5.95 Å². The first kappa shape index (κ1) is 25.8. The summed E-state index contributed by atoms with van der Waals surface area (Å²) in [5.41, 5.74) is -2.83. The molecule has 2 aromatic heterocycles. The van der Waals surface area contributed by atoms with E-state index in [0.717, 1.165) is 0 Å². The topological polar surface area (TPSA) is 78.1 Å². The van der Waals surface area contributed by atoms with Gasteiger partial charge in [-0.1, -0.05) is 30.3 Å². The Morgan fingerprint density at radius 3 is 2.11 bits per heavy atom. The van der Waals surface area contributed by atoms with Crippen LogP contribution in [0.4, 0.5) is 26.3 Å². The molecular formula is C24H18F6N6O. The molecule has 192 valence electrons. The van der Waals surface area contributed by atoms with Gasteiger partial charge in [0.25, 0.3) is 5.95 Å². The molecule has 0 spiro atoms. The molecule has 1 atom stereocenters. The van der Waals surface area contributed by atoms with Crippen LogP contribution in [0, 0.1) is 0 Å². The summed E-state index contributed by atoms with van der Waals surface area (Å²) in [6, 6.07) is 10.4. The molecule has 4 rings (SSSR count). The smallest absolute Gasteiger partial charge is 0.416 e. The quantitative estimate of drug-likeness (QED) is 0.182. The summed E-state index contributed by atoms with van der Waals surface area (Å²) in [6.07, 6.45) is -5.92. The zero-order chi connectivity index (χ0) is 26.6. The zero-order valence-corrected chi connectivity index (χ0v) is 19.1. The van der Waals surface area contributed by atoms with Gasteiger partial charge in [-0.05, 0) is 36.8 Å². The fraction of sp³-hybridized carbons (Fsp3) is 0.208. The summed E-state index contributed by atoms with van der Waals surface area (Å²) < 4.78 is 87.9. The molecule has 0 N–H and O–H groups in total. The number of hydrogen-bond acceptors (Lipinski definition) is 6. The third-order valence-electron chi connectivity index (χ3n) is 5.05.